The number of methoxy groups -OCH3 is 1. The smallest absolute Gasteiger partial charge is 0.337 e. The van der Waals surface area contributed by atoms with Crippen molar-refractivity contribution < 1.29 is 9.53 Å². The van der Waals surface area contributed by atoms with Crippen LogP contribution >= 0.6 is 11.3 Å². The highest BCUT2D eigenvalue weighted by atomic mass is 32.1. The minimum Gasteiger partial charge on any atom is -0.465 e. The first-order chi connectivity index (χ1) is 13.4. The summed E-state index contributed by atoms with van der Waals surface area (Å²) in [6, 6.07) is 11.5. The molecule has 28 heavy (non-hydrogen) atoms. The molecule has 2 aromatic carbocycles. The number of carbonyl (C=O) groups excluding carboxylic acids is 1. The second kappa shape index (κ2) is 8.35. The summed E-state index contributed by atoms with van der Waals surface area (Å²) >= 11 is 1.56. The van der Waals surface area contributed by atoms with E-state index in [4.69, 9.17) is 4.74 Å². The summed E-state index contributed by atoms with van der Waals surface area (Å²) in [5.41, 5.74) is 7.28. The van der Waals surface area contributed by atoms with E-state index in [2.05, 4.69) is 48.4 Å². The highest BCUT2D eigenvalue weighted by Crippen LogP contribution is 2.27. The predicted molar refractivity (Wildman–Crippen MR) is 114 cm³/mol. The molecule has 0 aliphatic rings. The summed E-state index contributed by atoms with van der Waals surface area (Å²) in [4.78, 5) is 16.7. The summed E-state index contributed by atoms with van der Waals surface area (Å²) in [6.45, 7) is 6.35. The molecule has 0 saturated carbocycles. The van der Waals surface area contributed by atoms with Crippen LogP contribution in [0, 0.1) is 20.8 Å². The van der Waals surface area contributed by atoms with Gasteiger partial charge in [-0.05, 0) is 61.2 Å². The molecule has 0 fully saturated rings. The molecular weight excluding hydrogens is 370 g/mol. The maximum Gasteiger partial charge on any atom is 0.337 e. The van der Waals surface area contributed by atoms with E-state index in [0.717, 1.165) is 21.6 Å². The molecule has 0 aliphatic carbocycles. The molecule has 0 amide bonds. The Morgan fingerprint density at radius 2 is 1.75 bits per heavy atom. The highest BCUT2D eigenvalue weighted by molar-refractivity contribution is 7.07. The van der Waals surface area contributed by atoms with E-state index in [0.29, 0.717) is 5.56 Å². The molecule has 0 spiro atoms. The molecule has 0 unspecified atom stereocenters. The lowest BCUT2D eigenvalue weighted by Gasteiger charge is -2.10. The van der Waals surface area contributed by atoms with Gasteiger partial charge >= 0.3 is 5.97 Å². The van der Waals surface area contributed by atoms with E-state index in [9.17, 15) is 4.79 Å². The Labute approximate surface area is 168 Å². The average Bonchev–Trinajstić information content (AvgIpc) is 3.11. The van der Waals surface area contributed by atoms with Gasteiger partial charge in [-0.1, -0.05) is 18.2 Å². The number of benzene rings is 2. The van der Waals surface area contributed by atoms with Gasteiger partial charge in [0.2, 0.25) is 4.80 Å². The van der Waals surface area contributed by atoms with E-state index in [-0.39, 0.29) is 5.97 Å². The van der Waals surface area contributed by atoms with E-state index < -0.39 is 0 Å². The molecule has 0 atom stereocenters. The maximum atomic E-state index is 11.6. The number of ether oxygens (including phenoxy) is 1. The minimum absolute atomic E-state index is 0.352. The van der Waals surface area contributed by atoms with Crippen LogP contribution in [0.2, 0.25) is 0 Å². The van der Waals surface area contributed by atoms with Gasteiger partial charge < -0.3 is 4.74 Å². The molecule has 1 heterocycles. The predicted octanol–water partition coefficient (Wildman–Crippen LogP) is 4.34. The lowest BCUT2D eigenvalue weighted by Crippen LogP contribution is -2.12. The second-order valence-corrected chi connectivity index (χ2v) is 7.39. The molecular formula is C22H23N3O2S. The number of carbonyl (C=O) groups is 1. The van der Waals surface area contributed by atoms with Crippen LogP contribution in [-0.2, 0) is 4.74 Å². The lowest BCUT2D eigenvalue weighted by molar-refractivity contribution is 0.0600. The van der Waals surface area contributed by atoms with E-state index >= 15 is 0 Å². The van der Waals surface area contributed by atoms with Gasteiger partial charge in [-0.25, -0.2) is 9.47 Å². The summed E-state index contributed by atoms with van der Waals surface area (Å²) < 4.78 is 6.59. The van der Waals surface area contributed by atoms with Crippen molar-refractivity contribution in [2.24, 2.45) is 10.1 Å². The van der Waals surface area contributed by atoms with Crippen molar-refractivity contribution in [2.45, 2.75) is 20.8 Å². The second-order valence-electron chi connectivity index (χ2n) is 6.55. The van der Waals surface area contributed by atoms with Gasteiger partial charge in [0.25, 0.3) is 0 Å². The zero-order chi connectivity index (χ0) is 20.3. The van der Waals surface area contributed by atoms with Crippen LogP contribution in [0.25, 0.3) is 11.3 Å². The topological polar surface area (TPSA) is 56.0 Å². The Balaban J connectivity index is 2.01. The SMILES string of the molecule is CN=c1scc(-c2cc(C)c(C)cc2C)n1N=Cc1ccc(C(=O)OC)cc1. The third-order valence-electron chi connectivity index (χ3n) is 4.65. The summed E-state index contributed by atoms with van der Waals surface area (Å²) in [7, 11) is 3.14. The van der Waals surface area contributed by atoms with Crippen molar-refractivity contribution in [3.63, 3.8) is 0 Å². The minimum atomic E-state index is -0.352. The Morgan fingerprint density at radius 1 is 1.07 bits per heavy atom. The van der Waals surface area contributed by atoms with Crippen molar-refractivity contribution in [3.8, 4) is 11.3 Å². The van der Waals surface area contributed by atoms with Gasteiger partial charge in [0.15, 0.2) is 0 Å². The Hall–Kier alpha value is -2.99. The van der Waals surface area contributed by atoms with Crippen LogP contribution in [0.4, 0.5) is 0 Å². The molecule has 144 valence electrons. The molecule has 1 aromatic heterocycles. The molecule has 6 heteroatoms. The van der Waals surface area contributed by atoms with E-state index in [1.165, 1.54) is 23.8 Å². The number of rotatable bonds is 4. The zero-order valence-corrected chi connectivity index (χ0v) is 17.5. The number of aryl methyl sites for hydroxylation is 3. The van der Waals surface area contributed by atoms with E-state index in [1.54, 1.807) is 36.7 Å². The van der Waals surface area contributed by atoms with Crippen molar-refractivity contribution >= 4 is 23.5 Å². The number of thiazole rings is 1. The van der Waals surface area contributed by atoms with Crippen LogP contribution in [0.15, 0.2) is 51.9 Å². The monoisotopic (exact) mass is 393 g/mol. The number of aromatic nitrogens is 1. The molecule has 0 bridgehead atoms. The van der Waals surface area contributed by atoms with Crippen LogP contribution in [0.3, 0.4) is 0 Å². The Bertz CT molecular complexity index is 1110. The average molecular weight is 394 g/mol. The van der Waals surface area contributed by atoms with E-state index in [1.807, 2.05) is 16.8 Å². The third kappa shape index (κ3) is 3.97. The molecule has 0 aliphatic heterocycles. The first-order valence-electron chi connectivity index (χ1n) is 8.89. The van der Waals surface area contributed by atoms with Crippen molar-refractivity contribution in [1.82, 2.24) is 4.68 Å². The first kappa shape index (κ1) is 19.8. The molecule has 3 aromatic rings. The summed E-state index contributed by atoms with van der Waals surface area (Å²) in [6.07, 6.45) is 1.77. The molecule has 0 radical (unpaired) electrons. The van der Waals surface area contributed by atoms with Crippen molar-refractivity contribution in [1.29, 1.82) is 0 Å². The standard InChI is InChI=1S/C22H23N3O2S/c1-14-10-16(3)19(11-15(14)2)20-13-28-22(23-4)25(20)24-12-17-6-8-18(9-7-17)21(26)27-5/h6-13H,1-5H3. The fraction of sp³-hybridized carbons (Fsp3) is 0.227. The molecule has 0 N–H and O–H groups in total. The van der Waals surface area contributed by atoms with Crippen molar-refractivity contribution in [3.05, 3.63) is 74.4 Å². The van der Waals surface area contributed by atoms with Gasteiger partial charge in [0.1, 0.15) is 0 Å². The number of esters is 1. The quantitative estimate of drug-likeness (QED) is 0.489. The van der Waals surface area contributed by atoms with Gasteiger partial charge in [-0.3, -0.25) is 4.99 Å². The third-order valence-corrected chi connectivity index (χ3v) is 5.55. The number of hydrogen-bond donors (Lipinski definition) is 0. The summed E-state index contributed by atoms with van der Waals surface area (Å²) in [5, 5.41) is 6.74. The normalized spacial score (nSPS) is 12.0. The van der Waals surface area contributed by atoms with Crippen LogP contribution in [-0.4, -0.2) is 31.0 Å². The Kier molecular flexibility index (Phi) is 5.90. The van der Waals surface area contributed by atoms with Crippen LogP contribution in [0.1, 0.15) is 32.6 Å². The zero-order valence-electron chi connectivity index (χ0n) is 16.7. The van der Waals surface area contributed by atoms with Gasteiger partial charge in [0.05, 0.1) is 24.6 Å². The van der Waals surface area contributed by atoms with Gasteiger partial charge in [-0.15, -0.1) is 11.3 Å². The molecule has 0 saturated heterocycles. The van der Waals surface area contributed by atoms with Crippen LogP contribution < -0.4 is 4.80 Å². The Morgan fingerprint density at radius 3 is 2.39 bits per heavy atom. The fourth-order valence-corrected chi connectivity index (χ4v) is 3.73. The first-order valence-corrected chi connectivity index (χ1v) is 9.77. The maximum absolute atomic E-state index is 11.6. The van der Waals surface area contributed by atoms with Crippen molar-refractivity contribution in [2.75, 3.05) is 14.2 Å². The largest absolute Gasteiger partial charge is 0.465 e. The van der Waals surface area contributed by atoms with Gasteiger partial charge in [0, 0.05) is 18.0 Å². The number of hydrogen-bond acceptors (Lipinski definition) is 5. The lowest BCUT2D eigenvalue weighted by atomic mass is 9.99. The fourth-order valence-electron chi connectivity index (χ4n) is 2.93. The molecule has 3 rings (SSSR count). The highest BCUT2D eigenvalue weighted by Gasteiger charge is 2.11. The summed E-state index contributed by atoms with van der Waals surface area (Å²) in [5.74, 6) is -0.352. The van der Waals surface area contributed by atoms with Crippen LogP contribution in [0.5, 0.6) is 0 Å². The molecule has 5 nitrogen and oxygen atoms in total. The van der Waals surface area contributed by atoms with Gasteiger partial charge in [-0.2, -0.15) is 5.10 Å². The number of nitrogens with zero attached hydrogens (tertiary/aromatic N) is 3.